The zero-order valence-electron chi connectivity index (χ0n) is 16.4. The highest BCUT2D eigenvalue weighted by Gasteiger charge is 2.07. The van der Waals surface area contributed by atoms with Crippen LogP contribution in [0.2, 0.25) is 0 Å². The summed E-state index contributed by atoms with van der Waals surface area (Å²) in [6.45, 7) is 3.32. The quantitative estimate of drug-likeness (QED) is 0.441. The summed E-state index contributed by atoms with van der Waals surface area (Å²) in [5, 5.41) is 7.50. The largest absolute Gasteiger partial charge is 0.370 e. The molecule has 0 fully saturated rings. The van der Waals surface area contributed by atoms with Gasteiger partial charge >= 0.3 is 0 Å². The van der Waals surface area contributed by atoms with Crippen molar-refractivity contribution in [2.24, 2.45) is 0 Å². The lowest BCUT2D eigenvalue weighted by molar-refractivity contribution is 0.0950. The Morgan fingerprint density at radius 3 is 2.66 bits per heavy atom. The van der Waals surface area contributed by atoms with Gasteiger partial charge in [-0.2, -0.15) is 0 Å². The standard InChI is InChI=1S/C24H24N4O/c1-17-6-8-18(9-7-17)14-28-24(29)20-10-11-23(27-16-20)25-13-12-19-15-26-22-5-3-2-4-21(19)22/h2-11,15-16,26H,12-14H2,1H3,(H,25,27)(H,28,29). The van der Waals surface area contributed by atoms with Crippen LogP contribution in [0, 0.1) is 6.92 Å². The number of nitrogens with one attached hydrogen (secondary N) is 3. The van der Waals surface area contributed by atoms with E-state index in [2.05, 4.69) is 45.0 Å². The number of hydrogen-bond donors (Lipinski definition) is 3. The number of amides is 1. The SMILES string of the molecule is Cc1ccc(CNC(=O)c2ccc(NCCc3c[nH]c4ccccc34)nc2)cc1. The van der Waals surface area contributed by atoms with Gasteiger partial charge in [-0.3, -0.25) is 4.79 Å². The van der Waals surface area contributed by atoms with Crippen molar-refractivity contribution in [2.45, 2.75) is 19.9 Å². The number of benzene rings is 2. The van der Waals surface area contributed by atoms with Crippen LogP contribution < -0.4 is 10.6 Å². The molecule has 146 valence electrons. The van der Waals surface area contributed by atoms with Crippen LogP contribution in [0.15, 0.2) is 73.1 Å². The van der Waals surface area contributed by atoms with Gasteiger partial charge in [-0.15, -0.1) is 0 Å². The summed E-state index contributed by atoms with van der Waals surface area (Å²) in [6, 6.07) is 20.1. The fraction of sp³-hybridized carbons (Fsp3) is 0.167. The van der Waals surface area contributed by atoms with E-state index in [1.807, 2.05) is 43.3 Å². The minimum atomic E-state index is -0.122. The van der Waals surface area contributed by atoms with Gasteiger partial charge in [0, 0.05) is 36.4 Å². The summed E-state index contributed by atoms with van der Waals surface area (Å²) < 4.78 is 0. The first-order valence-corrected chi connectivity index (χ1v) is 9.78. The molecule has 5 heteroatoms. The van der Waals surface area contributed by atoms with Gasteiger partial charge in [0.1, 0.15) is 5.82 Å². The number of aryl methyl sites for hydroxylation is 1. The van der Waals surface area contributed by atoms with Crippen LogP contribution in [0.5, 0.6) is 0 Å². The minimum Gasteiger partial charge on any atom is -0.370 e. The van der Waals surface area contributed by atoms with Crippen molar-refractivity contribution < 1.29 is 4.79 Å². The molecule has 0 saturated carbocycles. The Hall–Kier alpha value is -3.60. The van der Waals surface area contributed by atoms with E-state index < -0.39 is 0 Å². The van der Waals surface area contributed by atoms with Gasteiger partial charge in [0.05, 0.1) is 5.56 Å². The number of fused-ring (bicyclic) bond motifs is 1. The van der Waals surface area contributed by atoms with Gasteiger partial charge < -0.3 is 15.6 Å². The maximum Gasteiger partial charge on any atom is 0.253 e. The van der Waals surface area contributed by atoms with Crippen LogP contribution in [0.1, 0.15) is 27.0 Å². The number of hydrogen-bond acceptors (Lipinski definition) is 3. The Labute approximate surface area is 170 Å². The van der Waals surface area contributed by atoms with Crippen LogP contribution in [-0.2, 0) is 13.0 Å². The molecule has 0 atom stereocenters. The van der Waals surface area contributed by atoms with E-state index in [4.69, 9.17) is 0 Å². The molecule has 0 aliphatic carbocycles. The molecule has 29 heavy (non-hydrogen) atoms. The van der Waals surface area contributed by atoms with Crippen molar-refractivity contribution in [2.75, 3.05) is 11.9 Å². The third-order valence-electron chi connectivity index (χ3n) is 4.97. The predicted octanol–water partition coefficient (Wildman–Crippen LogP) is 4.46. The molecule has 5 nitrogen and oxygen atoms in total. The molecule has 3 N–H and O–H groups in total. The van der Waals surface area contributed by atoms with E-state index in [1.54, 1.807) is 12.3 Å². The van der Waals surface area contributed by atoms with E-state index in [9.17, 15) is 4.79 Å². The number of para-hydroxylation sites is 1. The Morgan fingerprint density at radius 1 is 1.03 bits per heavy atom. The fourth-order valence-electron chi connectivity index (χ4n) is 3.29. The maximum atomic E-state index is 12.3. The van der Waals surface area contributed by atoms with Gasteiger partial charge in [0.25, 0.3) is 5.91 Å². The van der Waals surface area contributed by atoms with Gasteiger partial charge in [0.2, 0.25) is 0 Å². The van der Waals surface area contributed by atoms with Crippen LogP contribution in [0.25, 0.3) is 10.9 Å². The van der Waals surface area contributed by atoms with Crippen molar-refractivity contribution in [1.29, 1.82) is 0 Å². The lowest BCUT2D eigenvalue weighted by Gasteiger charge is -2.08. The lowest BCUT2D eigenvalue weighted by atomic mass is 10.1. The summed E-state index contributed by atoms with van der Waals surface area (Å²) in [5.41, 5.74) is 5.27. The molecule has 0 aliphatic rings. The molecule has 0 aliphatic heterocycles. The normalized spacial score (nSPS) is 10.8. The number of pyridine rings is 1. The number of carbonyl (C=O) groups excluding carboxylic acids is 1. The van der Waals surface area contributed by atoms with Gasteiger partial charge in [0.15, 0.2) is 0 Å². The number of anilines is 1. The Morgan fingerprint density at radius 2 is 1.86 bits per heavy atom. The van der Waals surface area contributed by atoms with E-state index in [0.717, 1.165) is 29.9 Å². The zero-order valence-corrected chi connectivity index (χ0v) is 16.4. The maximum absolute atomic E-state index is 12.3. The molecule has 2 heterocycles. The highest BCUT2D eigenvalue weighted by atomic mass is 16.1. The average Bonchev–Trinajstić information content (AvgIpc) is 3.17. The van der Waals surface area contributed by atoms with Crippen molar-refractivity contribution in [1.82, 2.24) is 15.3 Å². The molecule has 2 aromatic carbocycles. The van der Waals surface area contributed by atoms with Crippen LogP contribution >= 0.6 is 0 Å². The summed E-state index contributed by atoms with van der Waals surface area (Å²) in [7, 11) is 0. The molecular formula is C24H24N4O. The Balaban J connectivity index is 1.28. The first-order valence-electron chi connectivity index (χ1n) is 9.78. The molecule has 1 amide bonds. The second kappa shape index (κ2) is 8.61. The topological polar surface area (TPSA) is 69.8 Å². The second-order valence-corrected chi connectivity index (χ2v) is 7.14. The number of aromatic nitrogens is 2. The number of rotatable bonds is 7. The predicted molar refractivity (Wildman–Crippen MR) is 117 cm³/mol. The summed E-state index contributed by atoms with van der Waals surface area (Å²) in [6.07, 6.45) is 4.56. The summed E-state index contributed by atoms with van der Waals surface area (Å²) >= 11 is 0. The summed E-state index contributed by atoms with van der Waals surface area (Å²) in [5.74, 6) is 0.642. The van der Waals surface area contributed by atoms with Crippen molar-refractivity contribution in [3.05, 3.63) is 95.3 Å². The third kappa shape index (κ3) is 4.63. The number of nitrogens with zero attached hydrogens (tertiary/aromatic N) is 1. The number of carbonyl (C=O) groups is 1. The van der Waals surface area contributed by atoms with E-state index in [0.29, 0.717) is 12.1 Å². The number of aromatic amines is 1. The Kier molecular flexibility index (Phi) is 5.56. The summed E-state index contributed by atoms with van der Waals surface area (Å²) in [4.78, 5) is 20.0. The lowest BCUT2D eigenvalue weighted by Crippen LogP contribution is -2.23. The second-order valence-electron chi connectivity index (χ2n) is 7.14. The monoisotopic (exact) mass is 384 g/mol. The minimum absolute atomic E-state index is 0.122. The average molecular weight is 384 g/mol. The van der Waals surface area contributed by atoms with Crippen molar-refractivity contribution in [3.8, 4) is 0 Å². The molecule has 4 rings (SSSR count). The van der Waals surface area contributed by atoms with Crippen LogP contribution in [0.3, 0.4) is 0 Å². The molecule has 0 saturated heterocycles. The van der Waals surface area contributed by atoms with Gasteiger partial charge in [-0.1, -0.05) is 48.0 Å². The smallest absolute Gasteiger partial charge is 0.253 e. The molecular weight excluding hydrogens is 360 g/mol. The third-order valence-corrected chi connectivity index (χ3v) is 4.97. The highest BCUT2D eigenvalue weighted by molar-refractivity contribution is 5.94. The first kappa shape index (κ1) is 18.7. The van der Waals surface area contributed by atoms with Crippen molar-refractivity contribution in [3.63, 3.8) is 0 Å². The molecule has 2 aromatic heterocycles. The van der Waals surface area contributed by atoms with E-state index >= 15 is 0 Å². The molecule has 0 radical (unpaired) electrons. The van der Waals surface area contributed by atoms with Gasteiger partial charge in [-0.05, 0) is 42.7 Å². The van der Waals surface area contributed by atoms with E-state index in [1.165, 1.54) is 16.5 Å². The highest BCUT2D eigenvalue weighted by Crippen LogP contribution is 2.18. The molecule has 4 aromatic rings. The fourth-order valence-corrected chi connectivity index (χ4v) is 3.29. The van der Waals surface area contributed by atoms with Crippen molar-refractivity contribution >= 4 is 22.6 Å². The van der Waals surface area contributed by atoms with Gasteiger partial charge in [-0.25, -0.2) is 4.98 Å². The Bertz CT molecular complexity index is 1100. The number of H-pyrrole nitrogens is 1. The van der Waals surface area contributed by atoms with Crippen LogP contribution in [-0.4, -0.2) is 22.4 Å². The van der Waals surface area contributed by atoms with Crippen LogP contribution in [0.4, 0.5) is 5.82 Å². The molecule has 0 spiro atoms. The zero-order chi connectivity index (χ0) is 20.1. The molecule has 0 unspecified atom stereocenters. The molecule has 0 bridgehead atoms. The van der Waals surface area contributed by atoms with E-state index in [-0.39, 0.29) is 5.91 Å². The first-order chi connectivity index (χ1) is 14.2.